The molecule has 1 radical (unpaired) electrons. The minimum atomic E-state index is -6.13. The third-order valence-corrected chi connectivity index (χ3v) is 25.5. The number of alkyl halides is 24. The van der Waals surface area contributed by atoms with Gasteiger partial charge in [-0.25, -0.2) is 4.39 Å². The minimum absolute atomic E-state index is 0. The molecule has 29 heteroatoms. The van der Waals surface area contributed by atoms with Gasteiger partial charge < -0.3 is 0 Å². The standard InChI is InChI=1S/C32H12BF24.C21H42P2.C6H5F.Rh/c34-25(35,36)13-1-14(26(37,38)39)6-21(5-13)33(22-7-15(27(40,41)42)2-16(8-22)28(43,44)45,23-9-17(29(46,47)48)3-18(10-23)30(49,50)51)24-11-19(31(52,53)54)4-20(12-24)32(55,56)57;1-20(2,3)23(21(4,5)6)17-22(18-13-9-7-10-14-18)19-15-11-8-12-16-19;7-6-4-2-1-3-5-6;/h1-12H;18-19H,7-17H2,1-6H3;1-5H;/q-1;;;/p+2. The first-order chi connectivity index (χ1) is 39.3. The van der Waals surface area contributed by atoms with Crippen molar-refractivity contribution in [3.8, 4) is 0 Å². The summed E-state index contributed by atoms with van der Waals surface area (Å²) < 4.78 is 353. The molecule has 0 spiro atoms. The van der Waals surface area contributed by atoms with E-state index in [0.29, 0.717) is 10.3 Å². The van der Waals surface area contributed by atoms with Crippen molar-refractivity contribution in [3.05, 3.63) is 153 Å². The van der Waals surface area contributed by atoms with Gasteiger partial charge in [0.2, 0.25) is 0 Å². The molecule has 5 aromatic rings. The quantitative estimate of drug-likeness (QED) is 0.0825. The van der Waals surface area contributed by atoms with Gasteiger partial charge >= 0.3 is 49.4 Å². The Morgan fingerprint density at radius 2 is 0.534 bits per heavy atom. The van der Waals surface area contributed by atoms with Crippen LogP contribution in [0.15, 0.2) is 103 Å². The topological polar surface area (TPSA) is 0 Å². The zero-order chi connectivity index (χ0) is 66.1. The van der Waals surface area contributed by atoms with E-state index in [2.05, 4.69) is 41.5 Å². The molecule has 2 saturated carbocycles. The summed E-state index contributed by atoms with van der Waals surface area (Å²) in [5.74, 6) is 1.51. The third-order valence-electron chi connectivity index (χ3n) is 15.6. The molecule has 7 rings (SSSR count). The second-order valence-corrected chi connectivity index (χ2v) is 32.1. The van der Waals surface area contributed by atoms with E-state index in [4.69, 9.17) is 0 Å². The number of halogens is 25. The van der Waals surface area contributed by atoms with Crippen LogP contribution in [0.25, 0.3) is 0 Å². The van der Waals surface area contributed by atoms with E-state index in [-0.39, 0.29) is 41.1 Å². The smallest absolute Gasteiger partial charge is 0.207 e. The zero-order valence-electron chi connectivity index (χ0n) is 47.6. The van der Waals surface area contributed by atoms with Crippen LogP contribution < -0.4 is 21.9 Å². The molecular weight excluding hydrogens is 1360 g/mol. The number of hydrogen-bond acceptors (Lipinski definition) is 0. The van der Waals surface area contributed by atoms with Crippen LogP contribution in [0.4, 0.5) is 110 Å². The molecule has 2 aliphatic rings. The van der Waals surface area contributed by atoms with Gasteiger partial charge in [-0.3, -0.25) is 0 Å². The van der Waals surface area contributed by atoms with Gasteiger partial charge in [-0.05, 0) is 129 Å². The van der Waals surface area contributed by atoms with Crippen molar-refractivity contribution in [3.63, 3.8) is 0 Å². The minimum Gasteiger partial charge on any atom is -0.207 e. The summed E-state index contributed by atoms with van der Waals surface area (Å²) in [7, 11) is -0.490. The summed E-state index contributed by atoms with van der Waals surface area (Å²) in [6, 6.07) is -0.872. The van der Waals surface area contributed by atoms with Gasteiger partial charge in [-0.15, -0.1) is 0 Å². The van der Waals surface area contributed by atoms with E-state index in [9.17, 15) is 110 Å². The Kier molecular flexibility index (Phi) is 24.3. The summed E-state index contributed by atoms with van der Waals surface area (Å²) >= 11 is 0. The van der Waals surface area contributed by atoms with Crippen molar-refractivity contribution >= 4 is 43.8 Å². The van der Waals surface area contributed by atoms with Crippen molar-refractivity contribution < 1.29 is 129 Å². The molecule has 0 N–H and O–H groups in total. The van der Waals surface area contributed by atoms with Gasteiger partial charge in [0.15, 0.2) is 5.90 Å². The molecule has 0 saturated heterocycles. The maximum absolute atomic E-state index is 14.2. The SMILES string of the molecule is CC(C)(C)[PH+](C[PH+](C1CCCCC1)C1CCCCC1)C(C)(C)C.FC(F)(F)c1cc([B-](c2cc(C(F)(F)F)cc(C(F)(F)F)c2)(c2cc(C(F)(F)F)cc(C(F)(F)F)c2)c2cc(C(F)(F)F)cc(C(F)(F)F)c2)cc(C(F)(F)F)c1.Fc1ccccc1.[Rh]. The van der Waals surface area contributed by atoms with Gasteiger partial charge in [0.1, 0.15) is 12.0 Å². The number of rotatable bonds is 8. The second-order valence-electron chi connectivity index (χ2n) is 23.9. The van der Waals surface area contributed by atoms with Crippen LogP contribution in [-0.4, -0.2) is 33.7 Å². The molecular formula is C59H61BF25P2Rh+. The fraction of sp³-hybridized carbons (Fsp3) is 0.492. The molecule has 0 amide bonds. The largest absolute Gasteiger partial charge is 0.416 e. The van der Waals surface area contributed by atoms with E-state index in [1.807, 2.05) is 0 Å². The monoisotopic (exact) mass is 1420 g/mol. The van der Waals surface area contributed by atoms with E-state index in [1.54, 1.807) is 75.5 Å². The van der Waals surface area contributed by atoms with Crippen LogP contribution in [0.3, 0.4) is 0 Å². The predicted octanol–water partition coefficient (Wildman–Crippen LogP) is 20.7. The molecule has 0 bridgehead atoms. The molecule has 2 aliphatic carbocycles. The molecule has 0 atom stereocenters. The van der Waals surface area contributed by atoms with Crippen molar-refractivity contribution in [2.75, 3.05) is 5.90 Å². The zero-order valence-corrected chi connectivity index (χ0v) is 51.2. The molecule has 0 nitrogen and oxygen atoms in total. The Balaban J connectivity index is 0.000000435. The average Bonchev–Trinajstić information content (AvgIpc) is 0.749. The molecule has 5 aromatic carbocycles. The van der Waals surface area contributed by atoms with E-state index in [1.165, 1.54) is 36.3 Å². The normalized spacial score (nSPS) is 16.0. The summed E-state index contributed by atoms with van der Waals surface area (Å²) in [6.45, 7) is 15.3. The van der Waals surface area contributed by atoms with E-state index >= 15 is 0 Å². The van der Waals surface area contributed by atoms with Crippen molar-refractivity contribution in [1.82, 2.24) is 0 Å². The molecule has 0 aliphatic heterocycles. The van der Waals surface area contributed by atoms with Gasteiger partial charge in [-0.1, -0.05) is 79.6 Å². The Morgan fingerprint density at radius 1 is 0.330 bits per heavy atom. The van der Waals surface area contributed by atoms with Crippen LogP contribution in [0.5, 0.6) is 0 Å². The fourth-order valence-corrected chi connectivity index (χ4v) is 25.3. The van der Waals surface area contributed by atoms with Crippen LogP contribution >= 0.6 is 15.8 Å². The first-order valence-corrected chi connectivity index (χ1v) is 30.7. The number of hydrogen-bond donors (Lipinski definition) is 0. The Labute approximate surface area is 507 Å². The maximum atomic E-state index is 14.2. The number of benzene rings is 5. The Bertz CT molecular complexity index is 2610. The van der Waals surface area contributed by atoms with Crippen LogP contribution in [0, 0.1) is 5.82 Å². The van der Waals surface area contributed by atoms with E-state index in [0.717, 1.165) is 0 Å². The first-order valence-electron chi connectivity index (χ1n) is 27.1. The molecule has 0 aromatic heterocycles. The third kappa shape index (κ3) is 20.0. The molecule has 0 unspecified atom stereocenters. The second kappa shape index (κ2) is 28.0. The Morgan fingerprint density at radius 3 is 0.693 bits per heavy atom. The summed E-state index contributed by atoms with van der Waals surface area (Å²) in [4.78, 5) is 0. The van der Waals surface area contributed by atoms with Gasteiger partial charge in [-0.2, -0.15) is 127 Å². The van der Waals surface area contributed by atoms with Gasteiger partial charge in [0.05, 0.1) is 66.1 Å². The molecule has 493 valence electrons. The molecule has 2 fully saturated rings. The summed E-state index contributed by atoms with van der Waals surface area (Å²) in [5.41, 5.74) is -27.9. The van der Waals surface area contributed by atoms with Crippen molar-refractivity contribution in [2.24, 2.45) is 0 Å². The Hall–Kier alpha value is -4.10. The van der Waals surface area contributed by atoms with Crippen LogP contribution in [-0.2, 0) is 68.9 Å². The summed E-state index contributed by atoms with van der Waals surface area (Å²) in [6.07, 6.45) is -39.2. The molecule has 88 heavy (non-hydrogen) atoms. The first kappa shape index (κ1) is 76.4. The van der Waals surface area contributed by atoms with E-state index < -0.39 is 195 Å². The van der Waals surface area contributed by atoms with Crippen LogP contribution in [0.1, 0.15) is 150 Å². The predicted molar refractivity (Wildman–Crippen MR) is 291 cm³/mol. The summed E-state index contributed by atoms with van der Waals surface area (Å²) in [5, 5.41) is 1.12. The van der Waals surface area contributed by atoms with Crippen molar-refractivity contribution in [1.29, 1.82) is 0 Å². The van der Waals surface area contributed by atoms with Gasteiger partial charge in [0, 0.05) is 35.3 Å². The van der Waals surface area contributed by atoms with Crippen molar-refractivity contribution in [2.45, 2.75) is 177 Å². The average molecular weight is 1420 g/mol. The van der Waals surface area contributed by atoms with Gasteiger partial charge in [0.25, 0.3) is 0 Å². The van der Waals surface area contributed by atoms with Crippen LogP contribution in [0.2, 0.25) is 0 Å². The molecule has 0 heterocycles. The maximum Gasteiger partial charge on any atom is 0.416 e. The fourth-order valence-electron chi connectivity index (χ4n) is 11.9.